The fourth-order valence-corrected chi connectivity index (χ4v) is 2.15. The van der Waals surface area contributed by atoms with Crippen LogP contribution in [0.25, 0.3) is 0 Å². The quantitative estimate of drug-likeness (QED) is 0.945. The third-order valence-electron chi connectivity index (χ3n) is 3.01. The number of carbonyl (C=O) groups excluding carboxylic acids is 1. The van der Waals surface area contributed by atoms with Gasteiger partial charge in [-0.1, -0.05) is 29.8 Å². The summed E-state index contributed by atoms with van der Waals surface area (Å²) in [5.74, 6) is -0.258. The van der Waals surface area contributed by atoms with Gasteiger partial charge >= 0.3 is 0 Å². The minimum absolute atomic E-state index is 0.0623. The van der Waals surface area contributed by atoms with Crippen LogP contribution in [0.5, 0.6) is 0 Å². The Bertz CT molecular complexity index is 687. The van der Waals surface area contributed by atoms with E-state index in [1.807, 2.05) is 32.0 Å². The first-order valence-electron chi connectivity index (χ1n) is 6.19. The number of para-hydroxylation sites is 1. The summed E-state index contributed by atoms with van der Waals surface area (Å²) in [4.78, 5) is 23.7. The minimum Gasteiger partial charge on any atom is -0.324 e. The van der Waals surface area contributed by atoms with E-state index in [-0.39, 0.29) is 18.0 Å². The van der Waals surface area contributed by atoms with Crippen molar-refractivity contribution >= 4 is 23.2 Å². The lowest BCUT2D eigenvalue weighted by molar-refractivity contribution is -0.116. The molecule has 4 nitrogen and oxygen atoms in total. The van der Waals surface area contributed by atoms with Crippen molar-refractivity contribution < 1.29 is 4.79 Å². The average Bonchev–Trinajstić information content (AvgIpc) is 2.38. The highest BCUT2D eigenvalue weighted by atomic mass is 35.5. The summed E-state index contributed by atoms with van der Waals surface area (Å²) in [7, 11) is 0. The molecule has 0 aliphatic carbocycles. The van der Waals surface area contributed by atoms with E-state index in [1.54, 1.807) is 0 Å². The molecule has 0 aliphatic heterocycles. The number of pyridine rings is 1. The number of carbonyl (C=O) groups is 1. The lowest BCUT2D eigenvalue weighted by atomic mass is 10.1. The van der Waals surface area contributed by atoms with E-state index in [9.17, 15) is 9.59 Å². The first-order valence-corrected chi connectivity index (χ1v) is 6.57. The number of nitrogens with one attached hydrogen (secondary N) is 1. The highest BCUT2D eigenvalue weighted by molar-refractivity contribution is 6.30. The Morgan fingerprint density at radius 2 is 1.85 bits per heavy atom. The smallest absolute Gasteiger partial charge is 0.251 e. The van der Waals surface area contributed by atoms with E-state index in [0.29, 0.717) is 5.02 Å². The van der Waals surface area contributed by atoms with E-state index >= 15 is 0 Å². The van der Waals surface area contributed by atoms with Crippen molar-refractivity contribution in [3.63, 3.8) is 0 Å². The number of anilines is 1. The van der Waals surface area contributed by atoms with Crippen LogP contribution in [-0.2, 0) is 11.3 Å². The van der Waals surface area contributed by atoms with Crippen molar-refractivity contribution in [1.82, 2.24) is 4.57 Å². The zero-order valence-corrected chi connectivity index (χ0v) is 12.1. The zero-order valence-electron chi connectivity index (χ0n) is 11.3. The Labute approximate surface area is 122 Å². The van der Waals surface area contributed by atoms with Gasteiger partial charge in [-0.3, -0.25) is 9.59 Å². The molecular formula is C15H15ClN2O2. The Morgan fingerprint density at radius 3 is 2.50 bits per heavy atom. The van der Waals surface area contributed by atoms with Gasteiger partial charge < -0.3 is 9.88 Å². The first-order chi connectivity index (χ1) is 9.47. The molecule has 1 heterocycles. The second kappa shape index (κ2) is 5.92. The van der Waals surface area contributed by atoms with Gasteiger partial charge in [-0.2, -0.15) is 0 Å². The highest BCUT2D eigenvalue weighted by Gasteiger charge is 2.08. The molecule has 2 aromatic rings. The molecule has 0 unspecified atom stereocenters. The standard InChI is InChI=1S/C15H15ClN2O2/c1-10-4-3-5-11(2)15(10)17-13(19)9-18-8-12(16)6-7-14(18)20/h3-8H,9H2,1-2H3,(H,17,19). The van der Waals surface area contributed by atoms with Gasteiger partial charge in [0, 0.05) is 18.0 Å². The molecule has 1 aromatic carbocycles. The number of amides is 1. The van der Waals surface area contributed by atoms with E-state index in [2.05, 4.69) is 5.32 Å². The largest absolute Gasteiger partial charge is 0.324 e. The van der Waals surface area contributed by atoms with Gasteiger partial charge in [-0.05, 0) is 31.0 Å². The normalized spacial score (nSPS) is 10.3. The van der Waals surface area contributed by atoms with Gasteiger partial charge in [0.2, 0.25) is 5.91 Å². The summed E-state index contributed by atoms with van der Waals surface area (Å²) < 4.78 is 1.28. The number of hydrogen-bond acceptors (Lipinski definition) is 2. The van der Waals surface area contributed by atoms with Crippen LogP contribution in [0.1, 0.15) is 11.1 Å². The zero-order chi connectivity index (χ0) is 14.7. The van der Waals surface area contributed by atoms with Crippen molar-refractivity contribution in [3.8, 4) is 0 Å². The lowest BCUT2D eigenvalue weighted by Gasteiger charge is -2.12. The number of benzene rings is 1. The molecule has 20 heavy (non-hydrogen) atoms. The molecule has 2 rings (SSSR count). The number of hydrogen-bond donors (Lipinski definition) is 1. The molecule has 0 aliphatic rings. The summed E-state index contributed by atoms with van der Waals surface area (Å²) in [6, 6.07) is 8.63. The number of aromatic nitrogens is 1. The van der Waals surface area contributed by atoms with Gasteiger partial charge in [0.05, 0.1) is 5.02 Å². The molecule has 0 bridgehead atoms. The number of aryl methyl sites for hydroxylation is 2. The molecule has 0 spiro atoms. The summed E-state index contributed by atoms with van der Waals surface area (Å²) >= 11 is 5.82. The average molecular weight is 291 g/mol. The van der Waals surface area contributed by atoms with Gasteiger partial charge in [0.25, 0.3) is 5.56 Å². The molecule has 104 valence electrons. The summed E-state index contributed by atoms with van der Waals surface area (Å²) in [5, 5.41) is 3.25. The Kier molecular flexibility index (Phi) is 4.25. The number of halogens is 1. The Hall–Kier alpha value is -2.07. The molecule has 0 saturated carbocycles. The Balaban J connectivity index is 2.17. The SMILES string of the molecule is Cc1cccc(C)c1NC(=O)Cn1cc(Cl)ccc1=O. The van der Waals surface area contributed by atoms with Gasteiger partial charge in [-0.25, -0.2) is 0 Å². The third kappa shape index (κ3) is 3.27. The van der Waals surface area contributed by atoms with E-state index in [4.69, 9.17) is 11.6 Å². The molecule has 1 N–H and O–H groups in total. The van der Waals surface area contributed by atoms with Crippen LogP contribution in [0.3, 0.4) is 0 Å². The fourth-order valence-electron chi connectivity index (χ4n) is 1.97. The van der Waals surface area contributed by atoms with Gasteiger partial charge in [-0.15, -0.1) is 0 Å². The number of nitrogens with zero attached hydrogens (tertiary/aromatic N) is 1. The van der Waals surface area contributed by atoms with Crippen LogP contribution < -0.4 is 10.9 Å². The maximum atomic E-state index is 12.0. The van der Waals surface area contributed by atoms with E-state index < -0.39 is 0 Å². The number of rotatable bonds is 3. The molecule has 0 atom stereocenters. The predicted molar refractivity (Wildman–Crippen MR) is 80.3 cm³/mol. The highest BCUT2D eigenvalue weighted by Crippen LogP contribution is 2.19. The molecule has 1 aromatic heterocycles. The van der Waals surface area contributed by atoms with E-state index in [0.717, 1.165) is 16.8 Å². The molecule has 0 radical (unpaired) electrons. The van der Waals surface area contributed by atoms with Crippen molar-refractivity contribution in [3.05, 3.63) is 63.0 Å². The second-order valence-electron chi connectivity index (χ2n) is 4.63. The molecule has 0 saturated heterocycles. The first kappa shape index (κ1) is 14.3. The van der Waals surface area contributed by atoms with Crippen LogP contribution in [0.2, 0.25) is 5.02 Å². The van der Waals surface area contributed by atoms with Crippen molar-refractivity contribution in [2.75, 3.05) is 5.32 Å². The second-order valence-corrected chi connectivity index (χ2v) is 5.06. The van der Waals surface area contributed by atoms with E-state index in [1.165, 1.54) is 22.9 Å². The van der Waals surface area contributed by atoms with Crippen LogP contribution in [0, 0.1) is 13.8 Å². The van der Waals surface area contributed by atoms with Crippen molar-refractivity contribution in [2.45, 2.75) is 20.4 Å². The summed E-state index contributed by atoms with van der Waals surface area (Å²) in [5.41, 5.74) is 2.49. The van der Waals surface area contributed by atoms with Crippen LogP contribution in [0.15, 0.2) is 41.3 Å². The minimum atomic E-state index is -0.258. The topological polar surface area (TPSA) is 51.1 Å². The monoisotopic (exact) mass is 290 g/mol. The maximum Gasteiger partial charge on any atom is 0.251 e. The van der Waals surface area contributed by atoms with Crippen LogP contribution in [-0.4, -0.2) is 10.5 Å². The van der Waals surface area contributed by atoms with Crippen molar-refractivity contribution in [2.24, 2.45) is 0 Å². The predicted octanol–water partition coefficient (Wildman–Crippen LogP) is 2.76. The summed E-state index contributed by atoms with van der Waals surface area (Å²) in [6.07, 6.45) is 1.45. The molecular weight excluding hydrogens is 276 g/mol. The molecule has 0 fully saturated rings. The van der Waals surface area contributed by atoms with Gasteiger partial charge in [0.15, 0.2) is 0 Å². The van der Waals surface area contributed by atoms with Crippen molar-refractivity contribution in [1.29, 1.82) is 0 Å². The maximum absolute atomic E-state index is 12.0. The lowest BCUT2D eigenvalue weighted by Crippen LogP contribution is -2.27. The molecule has 1 amide bonds. The van der Waals surface area contributed by atoms with Crippen LogP contribution in [0.4, 0.5) is 5.69 Å². The molecule has 5 heteroatoms. The summed E-state index contributed by atoms with van der Waals surface area (Å²) in [6.45, 7) is 3.79. The fraction of sp³-hybridized carbons (Fsp3) is 0.200. The van der Waals surface area contributed by atoms with Gasteiger partial charge in [0.1, 0.15) is 6.54 Å². The third-order valence-corrected chi connectivity index (χ3v) is 3.23. The Morgan fingerprint density at radius 1 is 1.20 bits per heavy atom. The van der Waals surface area contributed by atoms with Crippen LogP contribution >= 0.6 is 11.6 Å².